The number of imide groups is 1. The summed E-state index contributed by atoms with van der Waals surface area (Å²) in [5.41, 5.74) is 2.93. The maximum atomic E-state index is 12.8. The minimum atomic E-state index is -0.551. The predicted molar refractivity (Wildman–Crippen MR) is 154 cm³/mol. The number of benzene rings is 3. The molecule has 0 radical (unpaired) electrons. The smallest absolute Gasteiger partial charge is 0.294 e. The van der Waals surface area contributed by atoms with E-state index in [4.69, 9.17) is 16.3 Å². The highest BCUT2D eigenvalue weighted by Crippen LogP contribution is 2.32. The summed E-state index contributed by atoms with van der Waals surface area (Å²) in [6.07, 6.45) is 1.57. The third-order valence-electron chi connectivity index (χ3n) is 5.69. The van der Waals surface area contributed by atoms with Gasteiger partial charge in [-0.15, -0.1) is 0 Å². The molecule has 0 saturated carbocycles. The van der Waals surface area contributed by atoms with Crippen LogP contribution >= 0.6 is 23.4 Å². The Bertz CT molecular complexity index is 1440. The highest BCUT2D eigenvalue weighted by atomic mass is 35.5. The van der Waals surface area contributed by atoms with E-state index in [1.165, 1.54) is 0 Å². The van der Waals surface area contributed by atoms with Crippen molar-refractivity contribution in [1.29, 1.82) is 0 Å². The monoisotopic (exact) mass is 563 g/mol. The topological polar surface area (TPSA) is 105 Å². The van der Waals surface area contributed by atoms with Crippen LogP contribution in [0.3, 0.4) is 0 Å². The van der Waals surface area contributed by atoms with E-state index in [-0.39, 0.29) is 23.3 Å². The minimum Gasteiger partial charge on any atom is -0.484 e. The van der Waals surface area contributed by atoms with Gasteiger partial charge in [0.2, 0.25) is 5.91 Å². The molecule has 1 saturated heterocycles. The average molecular weight is 564 g/mol. The number of ether oxygens (including phenoxy) is 1. The van der Waals surface area contributed by atoms with Gasteiger partial charge in [0.25, 0.3) is 17.1 Å². The van der Waals surface area contributed by atoms with Crippen LogP contribution in [0.1, 0.15) is 30.9 Å². The molecule has 0 aliphatic carbocycles. The Labute approximate surface area is 235 Å². The molecule has 200 valence electrons. The Morgan fingerprint density at radius 3 is 2.44 bits per heavy atom. The van der Waals surface area contributed by atoms with Gasteiger partial charge in [0.1, 0.15) is 12.3 Å². The highest BCUT2D eigenvalue weighted by molar-refractivity contribution is 8.18. The van der Waals surface area contributed by atoms with Gasteiger partial charge in [-0.1, -0.05) is 61.8 Å². The molecule has 0 atom stereocenters. The summed E-state index contributed by atoms with van der Waals surface area (Å²) >= 11 is 6.68. The molecule has 8 nitrogen and oxygen atoms in total. The Hall–Kier alpha value is -4.08. The normalized spacial score (nSPS) is 14.2. The number of anilines is 2. The lowest BCUT2D eigenvalue weighted by Gasteiger charge is -2.14. The average Bonchev–Trinajstić information content (AvgIpc) is 3.15. The number of para-hydroxylation sites is 1. The molecule has 4 amide bonds. The van der Waals surface area contributed by atoms with Crippen LogP contribution in [-0.4, -0.2) is 41.0 Å². The largest absolute Gasteiger partial charge is 0.484 e. The van der Waals surface area contributed by atoms with Crippen LogP contribution in [0.15, 0.2) is 77.7 Å². The van der Waals surface area contributed by atoms with Crippen molar-refractivity contribution < 1.29 is 23.9 Å². The lowest BCUT2D eigenvalue weighted by molar-refractivity contribution is -0.127. The van der Waals surface area contributed by atoms with Crippen LogP contribution in [0, 0.1) is 0 Å². The van der Waals surface area contributed by atoms with Crippen molar-refractivity contribution in [3.8, 4) is 5.75 Å². The van der Waals surface area contributed by atoms with Gasteiger partial charge < -0.3 is 15.4 Å². The SMILES string of the molecule is CC(C)c1ccccc1NC(=O)COc1ccc(/C=C2/SC(=O)N(CC(=O)Nc3cccc(Cl)c3)C2=O)cc1. The van der Waals surface area contributed by atoms with Gasteiger partial charge in [-0.3, -0.25) is 24.1 Å². The van der Waals surface area contributed by atoms with E-state index in [0.717, 1.165) is 27.9 Å². The molecule has 39 heavy (non-hydrogen) atoms. The number of rotatable bonds is 9. The third-order valence-corrected chi connectivity index (χ3v) is 6.83. The van der Waals surface area contributed by atoms with Gasteiger partial charge in [0.15, 0.2) is 6.61 Å². The summed E-state index contributed by atoms with van der Waals surface area (Å²) < 4.78 is 5.60. The number of thioether (sulfide) groups is 1. The number of nitrogens with one attached hydrogen (secondary N) is 2. The molecule has 1 aliphatic heterocycles. The molecule has 0 bridgehead atoms. The lowest BCUT2D eigenvalue weighted by atomic mass is 10.0. The summed E-state index contributed by atoms with van der Waals surface area (Å²) in [7, 11) is 0. The molecular weight excluding hydrogens is 538 g/mol. The lowest BCUT2D eigenvalue weighted by Crippen LogP contribution is -2.36. The van der Waals surface area contributed by atoms with Gasteiger partial charge in [0, 0.05) is 16.4 Å². The Morgan fingerprint density at radius 2 is 1.72 bits per heavy atom. The zero-order chi connectivity index (χ0) is 27.9. The number of nitrogens with zero attached hydrogens (tertiary/aromatic N) is 1. The van der Waals surface area contributed by atoms with E-state index < -0.39 is 23.6 Å². The van der Waals surface area contributed by atoms with Crippen LogP contribution in [-0.2, 0) is 14.4 Å². The van der Waals surface area contributed by atoms with E-state index in [1.54, 1.807) is 54.6 Å². The van der Waals surface area contributed by atoms with Crippen LogP contribution in [0.2, 0.25) is 5.02 Å². The van der Waals surface area contributed by atoms with Crippen LogP contribution in [0.5, 0.6) is 5.75 Å². The number of halogens is 1. The van der Waals surface area contributed by atoms with Crippen molar-refractivity contribution in [3.05, 3.63) is 93.9 Å². The number of carbonyl (C=O) groups excluding carboxylic acids is 4. The van der Waals surface area contributed by atoms with Gasteiger partial charge in [-0.25, -0.2) is 0 Å². The molecule has 4 rings (SSSR count). The fraction of sp³-hybridized carbons (Fsp3) is 0.172. The molecule has 2 N–H and O–H groups in total. The Morgan fingerprint density at radius 1 is 0.974 bits per heavy atom. The summed E-state index contributed by atoms with van der Waals surface area (Å²) in [6.45, 7) is 3.54. The number of amides is 4. The second kappa shape index (κ2) is 12.6. The van der Waals surface area contributed by atoms with Crippen LogP contribution < -0.4 is 15.4 Å². The molecule has 1 fully saturated rings. The number of hydrogen-bond acceptors (Lipinski definition) is 6. The zero-order valence-corrected chi connectivity index (χ0v) is 22.8. The standard InChI is InChI=1S/C29H26ClN3O5S/c1-18(2)23-8-3-4-9-24(23)32-27(35)17-38-22-12-10-19(11-13-22)14-25-28(36)33(29(37)39-25)16-26(34)31-21-7-5-6-20(30)15-21/h3-15,18H,16-17H2,1-2H3,(H,31,34)(H,32,35)/b25-14+. The molecule has 1 aliphatic rings. The first-order chi connectivity index (χ1) is 18.7. The number of hydrogen-bond donors (Lipinski definition) is 2. The summed E-state index contributed by atoms with van der Waals surface area (Å²) in [6, 6.07) is 21.0. The maximum Gasteiger partial charge on any atom is 0.294 e. The van der Waals surface area contributed by atoms with Crippen molar-refractivity contribution in [2.24, 2.45) is 0 Å². The van der Waals surface area contributed by atoms with Crippen molar-refractivity contribution in [2.45, 2.75) is 19.8 Å². The Kier molecular flexibility index (Phi) is 9.06. The van der Waals surface area contributed by atoms with E-state index in [2.05, 4.69) is 24.5 Å². The van der Waals surface area contributed by atoms with E-state index >= 15 is 0 Å². The molecule has 0 aromatic heterocycles. The number of carbonyl (C=O) groups is 4. The first kappa shape index (κ1) is 27.9. The fourth-order valence-electron chi connectivity index (χ4n) is 3.81. The van der Waals surface area contributed by atoms with Gasteiger partial charge in [-0.05, 0) is 71.3 Å². The highest BCUT2D eigenvalue weighted by Gasteiger charge is 2.36. The van der Waals surface area contributed by atoms with E-state index in [9.17, 15) is 19.2 Å². The summed E-state index contributed by atoms with van der Waals surface area (Å²) in [5, 5.41) is 5.42. The van der Waals surface area contributed by atoms with Gasteiger partial charge in [0.05, 0.1) is 4.91 Å². The summed E-state index contributed by atoms with van der Waals surface area (Å²) in [4.78, 5) is 51.0. The summed E-state index contributed by atoms with van der Waals surface area (Å²) in [5.74, 6) is -0.600. The second-order valence-corrected chi connectivity index (χ2v) is 10.4. The van der Waals surface area contributed by atoms with Crippen molar-refractivity contribution >= 4 is 63.8 Å². The molecule has 10 heteroatoms. The van der Waals surface area contributed by atoms with Crippen LogP contribution in [0.4, 0.5) is 16.2 Å². The quantitative estimate of drug-likeness (QED) is 0.302. The molecular formula is C29H26ClN3O5S. The van der Waals surface area contributed by atoms with E-state index in [0.29, 0.717) is 22.0 Å². The van der Waals surface area contributed by atoms with Crippen LogP contribution in [0.25, 0.3) is 6.08 Å². The van der Waals surface area contributed by atoms with Crippen molar-refractivity contribution in [3.63, 3.8) is 0 Å². The van der Waals surface area contributed by atoms with Crippen molar-refractivity contribution in [2.75, 3.05) is 23.8 Å². The zero-order valence-electron chi connectivity index (χ0n) is 21.3. The van der Waals surface area contributed by atoms with Gasteiger partial charge >= 0.3 is 0 Å². The first-order valence-corrected chi connectivity index (χ1v) is 13.3. The Balaban J connectivity index is 1.31. The molecule has 0 spiro atoms. The van der Waals surface area contributed by atoms with Crippen molar-refractivity contribution in [1.82, 2.24) is 4.90 Å². The predicted octanol–water partition coefficient (Wildman–Crippen LogP) is 6.16. The molecule has 1 heterocycles. The fourth-order valence-corrected chi connectivity index (χ4v) is 4.84. The van der Waals surface area contributed by atoms with Gasteiger partial charge in [-0.2, -0.15) is 0 Å². The minimum absolute atomic E-state index is 0.165. The molecule has 3 aromatic carbocycles. The maximum absolute atomic E-state index is 12.8. The third kappa shape index (κ3) is 7.49. The van der Waals surface area contributed by atoms with E-state index in [1.807, 2.05) is 24.3 Å². The first-order valence-electron chi connectivity index (χ1n) is 12.1. The molecule has 0 unspecified atom stereocenters. The molecule has 3 aromatic rings. The second-order valence-electron chi connectivity index (χ2n) is 8.97.